The fourth-order valence-electron chi connectivity index (χ4n) is 1.63. The van der Waals surface area contributed by atoms with Crippen molar-refractivity contribution < 1.29 is 4.74 Å². The molecule has 4 heteroatoms. The van der Waals surface area contributed by atoms with E-state index in [0.29, 0.717) is 11.6 Å². The van der Waals surface area contributed by atoms with Crippen LogP contribution in [0.5, 0.6) is 5.88 Å². The molecule has 0 saturated carbocycles. The summed E-state index contributed by atoms with van der Waals surface area (Å²) >= 11 is 0. The van der Waals surface area contributed by atoms with Gasteiger partial charge in [0.1, 0.15) is 17.9 Å². The molecule has 0 radical (unpaired) electrons. The van der Waals surface area contributed by atoms with Crippen molar-refractivity contribution in [2.24, 2.45) is 0 Å². The Bertz CT molecular complexity index is 366. The highest BCUT2D eigenvalue weighted by Crippen LogP contribution is 2.13. The van der Waals surface area contributed by atoms with Crippen LogP contribution >= 0.6 is 0 Å². The van der Waals surface area contributed by atoms with E-state index >= 15 is 0 Å². The van der Waals surface area contributed by atoms with Gasteiger partial charge in [-0.15, -0.1) is 0 Å². The van der Waals surface area contributed by atoms with Crippen molar-refractivity contribution in [2.45, 2.75) is 18.9 Å². The summed E-state index contributed by atoms with van der Waals surface area (Å²) in [6.07, 6.45) is 2.36. The Morgan fingerprint density at radius 1 is 1.53 bits per heavy atom. The highest BCUT2D eigenvalue weighted by atomic mass is 16.5. The zero-order valence-electron chi connectivity index (χ0n) is 8.44. The highest BCUT2D eigenvalue weighted by Gasteiger charge is 2.14. The minimum atomic E-state index is 0.181. The lowest BCUT2D eigenvalue weighted by molar-refractivity contribution is 0.160. The molecule has 1 aromatic heterocycles. The van der Waals surface area contributed by atoms with E-state index in [1.807, 2.05) is 6.07 Å². The van der Waals surface area contributed by atoms with Crippen molar-refractivity contribution in [3.05, 3.63) is 23.9 Å². The van der Waals surface area contributed by atoms with Crippen LogP contribution in [0.2, 0.25) is 0 Å². The van der Waals surface area contributed by atoms with Crippen LogP contribution in [0.25, 0.3) is 0 Å². The lowest BCUT2D eigenvalue weighted by Crippen LogP contribution is -2.37. The zero-order valence-corrected chi connectivity index (χ0v) is 8.44. The van der Waals surface area contributed by atoms with Gasteiger partial charge in [-0.1, -0.05) is 6.07 Å². The maximum absolute atomic E-state index is 8.69. The summed E-state index contributed by atoms with van der Waals surface area (Å²) in [6, 6.07) is 7.25. The molecule has 2 rings (SSSR count). The standard InChI is InChI=1S/C11H13N3O/c12-7-9-3-1-5-11(14-9)15-10-4-2-6-13-8-10/h1,3,5,10,13H,2,4,6,8H2. The van der Waals surface area contributed by atoms with Crippen LogP contribution < -0.4 is 10.1 Å². The number of aromatic nitrogens is 1. The SMILES string of the molecule is N#Cc1cccc(OC2CCCNC2)n1. The average molecular weight is 203 g/mol. The van der Waals surface area contributed by atoms with Crippen LogP contribution in [0.4, 0.5) is 0 Å². The fourth-order valence-corrected chi connectivity index (χ4v) is 1.63. The third kappa shape index (κ3) is 2.67. The van der Waals surface area contributed by atoms with E-state index < -0.39 is 0 Å². The Kier molecular flexibility index (Phi) is 3.15. The van der Waals surface area contributed by atoms with Crippen molar-refractivity contribution >= 4 is 0 Å². The molecule has 0 bridgehead atoms. The van der Waals surface area contributed by atoms with Gasteiger partial charge < -0.3 is 10.1 Å². The Hall–Kier alpha value is -1.60. The van der Waals surface area contributed by atoms with Crippen LogP contribution in [0.3, 0.4) is 0 Å². The summed E-state index contributed by atoms with van der Waals surface area (Å²) in [5, 5.41) is 12.0. The van der Waals surface area contributed by atoms with Gasteiger partial charge in [-0.3, -0.25) is 0 Å². The summed E-state index contributed by atoms with van der Waals surface area (Å²) in [5.74, 6) is 0.544. The normalized spacial score (nSPS) is 20.6. The topological polar surface area (TPSA) is 57.9 Å². The first kappa shape index (κ1) is 9.94. The van der Waals surface area contributed by atoms with Gasteiger partial charge in [0.05, 0.1) is 0 Å². The first-order chi connectivity index (χ1) is 7.38. The second-order valence-corrected chi connectivity index (χ2v) is 3.56. The minimum absolute atomic E-state index is 0.181. The number of piperidine rings is 1. The van der Waals surface area contributed by atoms with E-state index in [2.05, 4.69) is 10.3 Å². The molecule has 2 heterocycles. The molecule has 0 aromatic carbocycles. The quantitative estimate of drug-likeness (QED) is 0.781. The molecule has 15 heavy (non-hydrogen) atoms. The number of rotatable bonds is 2. The van der Waals surface area contributed by atoms with Crippen molar-refractivity contribution in [2.75, 3.05) is 13.1 Å². The number of nitrogens with one attached hydrogen (secondary N) is 1. The average Bonchev–Trinajstić information content (AvgIpc) is 2.31. The predicted molar refractivity (Wildman–Crippen MR) is 55.5 cm³/mol. The first-order valence-corrected chi connectivity index (χ1v) is 5.13. The molecule has 4 nitrogen and oxygen atoms in total. The van der Waals surface area contributed by atoms with Crippen LogP contribution in [0.1, 0.15) is 18.5 Å². The number of pyridine rings is 1. The smallest absolute Gasteiger partial charge is 0.214 e. The molecule has 0 amide bonds. The Labute approximate surface area is 88.9 Å². The fraction of sp³-hybridized carbons (Fsp3) is 0.455. The van der Waals surface area contributed by atoms with Crippen molar-refractivity contribution in [1.82, 2.24) is 10.3 Å². The Morgan fingerprint density at radius 2 is 2.47 bits per heavy atom. The van der Waals surface area contributed by atoms with E-state index in [0.717, 1.165) is 25.9 Å². The molecule has 0 spiro atoms. The van der Waals surface area contributed by atoms with E-state index in [1.165, 1.54) is 0 Å². The maximum atomic E-state index is 8.69. The van der Waals surface area contributed by atoms with Gasteiger partial charge in [0.15, 0.2) is 0 Å². The van der Waals surface area contributed by atoms with Gasteiger partial charge in [-0.2, -0.15) is 5.26 Å². The van der Waals surface area contributed by atoms with E-state index in [-0.39, 0.29) is 6.10 Å². The number of nitriles is 1. The summed E-state index contributed by atoms with van der Waals surface area (Å²) in [6.45, 7) is 1.92. The zero-order chi connectivity index (χ0) is 10.5. The van der Waals surface area contributed by atoms with E-state index in [9.17, 15) is 0 Å². The molecular formula is C11H13N3O. The number of hydrogen-bond acceptors (Lipinski definition) is 4. The lowest BCUT2D eigenvalue weighted by atomic mass is 10.1. The molecule has 1 aromatic rings. The Balaban J connectivity index is 2.00. The van der Waals surface area contributed by atoms with E-state index in [1.54, 1.807) is 18.2 Å². The molecule has 1 N–H and O–H groups in total. The summed E-state index contributed by atoms with van der Waals surface area (Å²) in [4.78, 5) is 4.07. The summed E-state index contributed by atoms with van der Waals surface area (Å²) in [7, 11) is 0. The summed E-state index contributed by atoms with van der Waals surface area (Å²) in [5.41, 5.74) is 0.399. The second-order valence-electron chi connectivity index (χ2n) is 3.56. The van der Waals surface area contributed by atoms with Gasteiger partial charge >= 0.3 is 0 Å². The van der Waals surface area contributed by atoms with Crippen LogP contribution in [-0.4, -0.2) is 24.2 Å². The predicted octanol–water partition coefficient (Wildman–Crippen LogP) is 1.08. The molecule has 1 atom stereocenters. The van der Waals surface area contributed by atoms with Gasteiger partial charge in [0.25, 0.3) is 0 Å². The Morgan fingerprint density at radius 3 is 3.20 bits per heavy atom. The minimum Gasteiger partial charge on any atom is -0.473 e. The first-order valence-electron chi connectivity index (χ1n) is 5.13. The molecule has 1 aliphatic rings. The molecule has 1 aliphatic heterocycles. The second kappa shape index (κ2) is 4.76. The summed E-state index contributed by atoms with van der Waals surface area (Å²) < 4.78 is 5.67. The molecule has 78 valence electrons. The van der Waals surface area contributed by atoms with Crippen LogP contribution in [-0.2, 0) is 0 Å². The lowest BCUT2D eigenvalue weighted by Gasteiger charge is -2.23. The van der Waals surface area contributed by atoms with Crippen LogP contribution in [0, 0.1) is 11.3 Å². The molecular weight excluding hydrogens is 190 g/mol. The third-order valence-corrected chi connectivity index (χ3v) is 2.38. The van der Waals surface area contributed by atoms with E-state index in [4.69, 9.17) is 10.00 Å². The van der Waals surface area contributed by atoms with Crippen molar-refractivity contribution in [3.8, 4) is 11.9 Å². The molecule has 1 fully saturated rings. The number of nitrogens with zero attached hydrogens (tertiary/aromatic N) is 2. The van der Waals surface area contributed by atoms with Gasteiger partial charge in [0.2, 0.25) is 5.88 Å². The largest absolute Gasteiger partial charge is 0.473 e. The third-order valence-electron chi connectivity index (χ3n) is 2.38. The molecule has 0 aliphatic carbocycles. The number of ether oxygens (including phenoxy) is 1. The van der Waals surface area contributed by atoms with Gasteiger partial charge in [-0.25, -0.2) is 4.98 Å². The highest BCUT2D eigenvalue weighted by molar-refractivity contribution is 5.24. The number of hydrogen-bond donors (Lipinski definition) is 1. The maximum Gasteiger partial charge on any atom is 0.214 e. The van der Waals surface area contributed by atoms with Gasteiger partial charge in [-0.05, 0) is 25.5 Å². The molecule has 1 unspecified atom stereocenters. The van der Waals surface area contributed by atoms with Crippen LogP contribution in [0.15, 0.2) is 18.2 Å². The van der Waals surface area contributed by atoms with Crippen molar-refractivity contribution in [3.63, 3.8) is 0 Å². The monoisotopic (exact) mass is 203 g/mol. The molecule has 1 saturated heterocycles. The van der Waals surface area contributed by atoms with Gasteiger partial charge in [0, 0.05) is 12.6 Å². The van der Waals surface area contributed by atoms with Crippen molar-refractivity contribution in [1.29, 1.82) is 5.26 Å².